The SMILES string of the molecule is COc1cc(C(=O)N2CC[NH+](Cc3cccc4ccccc34)CC2)cc(Cl)c1OC. The van der Waals surface area contributed by atoms with Crippen molar-refractivity contribution in [1.82, 2.24) is 4.90 Å². The lowest BCUT2D eigenvalue weighted by Gasteiger charge is -2.32. The van der Waals surface area contributed by atoms with Gasteiger partial charge in [0.05, 0.1) is 45.4 Å². The number of hydrogen-bond donors (Lipinski definition) is 1. The second kappa shape index (κ2) is 8.94. The van der Waals surface area contributed by atoms with Crippen molar-refractivity contribution in [1.29, 1.82) is 0 Å². The van der Waals surface area contributed by atoms with Gasteiger partial charge in [-0.05, 0) is 22.9 Å². The number of amides is 1. The molecule has 0 unspecified atom stereocenters. The van der Waals surface area contributed by atoms with Crippen LogP contribution in [0.1, 0.15) is 15.9 Å². The number of nitrogens with one attached hydrogen (secondary N) is 1. The molecule has 1 amide bonds. The highest BCUT2D eigenvalue weighted by Gasteiger charge is 2.26. The number of benzene rings is 3. The van der Waals surface area contributed by atoms with Crippen LogP contribution in [-0.4, -0.2) is 51.2 Å². The number of fused-ring (bicyclic) bond motifs is 1. The molecule has 0 bridgehead atoms. The van der Waals surface area contributed by atoms with E-state index in [4.69, 9.17) is 21.1 Å². The fourth-order valence-corrected chi connectivity index (χ4v) is 4.43. The first kappa shape index (κ1) is 20.5. The van der Waals surface area contributed by atoms with E-state index in [-0.39, 0.29) is 5.91 Å². The molecule has 6 heteroatoms. The number of piperazine rings is 1. The molecule has 3 aromatic rings. The quantitative estimate of drug-likeness (QED) is 0.683. The summed E-state index contributed by atoms with van der Waals surface area (Å²) in [4.78, 5) is 16.4. The van der Waals surface area contributed by atoms with E-state index in [0.29, 0.717) is 35.2 Å². The van der Waals surface area contributed by atoms with E-state index in [1.54, 1.807) is 12.1 Å². The average molecular weight is 426 g/mol. The summed E-state index contributed by atoms with van der Waals surface area (Å²) >= 11 is 6.28. The van der Waals surface area contributed by atoms with Crippen molar-refractivity contribution in [3.05, 3.63) is 70.7 Å². The number of rotatable bonds is 5. The molecule has 1 saturated heterocycles. The first-order valence-electron chi connectivity index (χ1n) is 10.1. The fourth-order valence-electron chi connectivity index (χ4n) is 4.14. The van der Waals surface area contributed by atoms with Gasteiger partial charge >= 0.3 is 0 Å². The summed E-state index contributed by atoms with van der Waals surface area (Å²) in [5.41, 5.74) is 1.88. The summed E-state index contributed by atoms with van der Waals surface area (Å²) in [7, 11) is 3.07. The Kier molecular flexibility index (Phi) is 6.11. The van der Waals surface area contributed by atoms with Crippen LogP contribution >= 0.6 is 11.6 Å². The van der Waals surface area contributed by atoms with Crippen LogP contribution in [0.3, 0.4) is 0 Å². The summed E-state index contributed by atoms with van der Waals surface area (Å²) in [6, 6.07) is 18.3. The van der Waals surface area contributed by atoms with E-state index >= 15 is 0 Å². The highest BCUT2D eigenvalue weighted by Crippen LogP contribution is 2.36. The molecule has 0 radical (unpaired) electrons. The molecule has 1 aliphatic heterocycles. The minimum absolute atomic E-state index is 0.0259. The smallest absolute Gasteiger partial charge is 0.254 e. The zero-order chi connectivity index (χ0) is 21.1. The maximum atomic E-state index is 13.0. The third-order valence-electron chi connectivity index (χ3n) is 5.76. The molecule has 0 spiro atoms. The number of halogens is 1. The number of nitrogens with zero attached hydrogens (tertiary/aromatic N) is 1. The zero-order valence-electron chi connectivity index (χ0n) is 17.3. The van der Waals surface area contributed by atoms with Gasteiger partial charge in [0.1, 0.15) is 6.54 Å². The Labute approximate surface area is 181 Å². The first-order valence-corrected chi connectivity index (χ1v) is 10.5. The van der Waals surface area contributed by atoms with Crippen LogP contribution in [-0.2, 0) is 6.54 Å². The largest absolute Gasteiger partial charge is 0.493 e. The normalized spacial score (nSPS) is 14.7. The molecule has 1 heterocycles. The fraction of sp³-hybridized carbons (Fsp3) is 0.292. The molecule has 30 heavy (non-hydrogen) atoms. The average Bonchev–Trinajstić information content (AvgIpc) is 2.78. The highest BCUT2D eigenvalue weighted by molar-refractivity contribution is 6.32. The molecule has 0 aromatic heterocycles. The van der Waals surface area contributed by atoms with Gasteiger partial charge in [0.25, 0.3) is 5.91 Å². The Morgan fingerprint density at radius 2 is 1.77 bits per heavy atom. The predicted molar refractivity (Wildman–Crippen MR) is 119 cm³/mol. The molecule has 3 aromatic carbocycles. The van der Waals surface area contributed by atoms with Crippen LogP contribution in [0.4, 0.5) is 0 Å². The number of carbonyl (C=O) groups is 1. The topological polar surface area (TPSA) is 43.2 Å². The standard InChI is InChI=1S/C24H25ClN2O3/c1-29-22-15-19(14-21(25)23(22)30-2)24(28)27-12-10-26(11-13-27)16-18-8-5-7-17-6-3-4-9-20(17)18/h3-9,14-15H,10-13,16H2,1-2H3/p+1. The molecule has 1 N–H and O–H groups in total. The monoisotopic (exact) mass is 425 g/mol. The Bertz CT molecular complexity index is 1060. The zero-order valence-corrected chi connectivity index (χ0v) is 18.0. The van der Waals surface area contributed by atoms with E-state index in [0.717, 1.165) is 19.6 Å². The Morgan fingerprint density at radius 3 is 2.50 bits per heavy atom. The lowest BCUT2D eigenvalue weighted by Crippen LogP contribution is -3.13. The number of ether oxygens (including phenoxy) is 2. The lowest BCUT2D eigenvalue weighted by atomic mass is 10.0. The van der Waals surface area contributed by atoms with Crippen LogP contribution in [0.15, 0.2) is 54.6 Å². The molecule has 0 atom stereocenters. The van der Waals surface area contributed by atoms with Crippen LogP contribution in [0.2, 0.25) is 5.02 Å². The van der Waals surface area contributed by atoms with Crippen molar-refractivity contribution in [3.8, 4) is 11.5 Å². The summed E-state index contributed by atoms with van der Waals surface area (Å²) in [6.45, 7) is 4.22. The van der Waals surface area contributed by atoms with Crippen molar-refractivity contribution in [2.75, 3.05) is 40.4 Å². The third kappa shape index (κ3) is 4.09. The van der Waals surface area contributed by atoms with Gasteiger partial charge in [-0.1, -0.05) is 54.1 Å². The van der Waals surface area contributed by atoms with Gasteiger partial charge in [-0.15, -0.1) is 0 Å². The Hall–Kier alpha value is -2.76. The summed E-state index contributed by atoms with van der Waals surface area (Å²) in [5, 5.41) is 2.96. The first-order chi connectivity index (χ1) is 14.6. The second-order valence-electron chi connectivity index (χ2n) is 7.55. The van der Waals surface area contributed by atoms with Crippen LogP contribution in [0.5, 0.6) is 11.5 Å². The van der Waals surface area contributed by atoms with Crippen LogP contribution < -0.4 is 14.4 Å². The molecule has 156 valence electrons. The number of hydrogen-bond acceptors (Lipinski definition) is 3. The maximum Gasteiger partial charge on any atom is 0.254 e. The number of carbonyl (C=O) groups excluding carboxylic acids is 1. The third-order valence-corrected chi connectivity index (χ3v) is 6.04. The number of quaternary nitrogens is 1. The van der Waals surface area contributed by atoms with Crippen molar-refractivity contribution in [2.45, 2.75) is 6.54 Å². The molecule has 5 nitrogen and oxygen atoms in total. The van der Waals surface area contributed by atoms with Crippen molar-refractivity contribution < 1.29 is 19.2 Å². The predicted octanol–water partition coefficient (Wildman–Crippen LogP) is 3.05. The molecule has 0 aliphatic carbocycles. The molecule has 1 aliphatic rings. The van der Waals surface area contributed by atoms with Crippen molar-refractivity contribution in [3.63, 3.8) is 0 Å². The van der Waals surface area contributed by atoms with Crippen LogP contribution in [0, 0.1) is 0 Å². The number of methoxy groups -OCH3 is 2. The maximum absolute atomic E-state index is 13.0. The van der Waals surface area contributed by atoms with Gasteiger partial charge in [0.2, 0.25) is 0 Å². The van der Waals surface area contributed by atoms with E-state index in [9.17, 15) is 4.79 Å². The molecular weight excluding hydrogens is 400 g/mol. The van der Waals surface area contributed by atoms with E-state index in [1.807, 2.05) is 4.90 Å². The van der Waals surface area contributed by atoms with Crippen molar-refractivity contribution in [2.24, 2.45) is 0 Å². The van der Waals surface area contributed by atoms with Gasteiger partial charge in [0, 0.05) is 11.1 Å². The molecule has 4 rings (SSSR count). The minimum Gasteiger partial charge on any atom is -0.493 e. The lowest BCUT2D eigenvalue weighted by molar-refractivity contribution is -0.917. The van der Waals surface area contributed by atoms with Gasteiger partial charge in [-0.3, -0.25) is 4.79 Å². The summed E-state index contributed by atoms with van der Waals surface area (Å²) < 4.78 is 10.6. The van der Waals surface area contributed by atoms with E-state index < -0.39 is 0 Å². The van der Waals surface area contributed by atoms with Gasteiger partial charge in [-0.25, -0.2) is 0 Å². The minimum atomic E-state index is -0.0259. The summed E-state index contributed by atoms with van der Waals surface area (Å²) in [5.74, 6) is 0.885. The van der Waals surface area contributed by atoms with Gasteiger partial charge < -0.3 is 19.3 Å². The molecule has 1 fully saturated rings. The van der Waals surface area contributed by atoms with Crippen molar-refractivity contribution >= 4 is 28.3 Å². The van der Waals surface area contributed by atoms with Gasteiger partial charge in [0.15, 0.2) is 11.5 Å². The van der Waals surface area contributed by atoms with E-state index in [1.165, 1.54) is 35.5 Å². The summed E-state index contributed by atoms with van der Waals surface area (Å²) in [6.07, 6.45) is 0. The van der Waals surface area contributed by atoms with Gasteiger partial charge in [-0.2, -0.15) is 0 Å². The van der Waals surface area contributed by atoms with Crippen LogP contribution in [0.25, 0.3) is 10.8 Å². The molecular formula is C24H26ClN2O3+. The highest BCUT2D eigenvalue weighted by atomic mass is 35.5. The molecule has 0 saturated carbocycles. The Morgan fingerprint density at radius 1 is 1.03 bits per heavy atom. The van der Waals surface area contributed by atoms with E-state index in [2.05, 4.69) is 42.5 Å². The Balaban J connectivity index is 1.43. The second-order valence-corrected chi connectivity index (χ2v) is 7.96.